The first-order valence-electron chi connectivity index (χ1n) is 4.56. The first-order chi connectivity index (χ1) is 6.70. The predicted molar refractivity (Wildman–Crippen MR) is 56.3 cm³/mol. The molecule has 3 heteroatoms. The highest BCUT2D eigenvalue weighted by atomic mass is 16.1. The van der Waals surface area contributed by atoms with Gasteiger partial charge in [0.1, 0.15) is 0 Å². The third kappa shape index (κ3) is 1.32. The van der Waals surface area contributed by atoms with Crippen LogP contribution in [-0.4, -0.2) is 16.8 Å². The topological polar surface area (TPSA) is 58.9 Å². The summed E-state index contributed by atoms with van der Waals surface area (Å²) in [7, 11) is 0. The Morgan fingerprint density at radius 3 is 2.86 bits per heavy atom. The molecular weight excluding hydrogens is 176 g/mol. The number of Topliss-reactive ketones (excluding diaryl/α,β-unsaturated/α-hetero) is 1. The van der Waals surface area contributed by atoms with Crippen LogP contribution in [0, 0.1) is 0 Å². The van der Waals surface area contributed by atoms with Crippen molar-refractivity contribution in [3.05, 3.63) is 36.0 Å². The molecule has 0 aliphatic rings. The minimum atomic E-state index is -0.450. The maximum Gasteiger partial charge on any atom is 0.181 e. The van der Waals surface area contributed by atoms with Crippen molar-refractivity contribution < 1.29 is 4.79 Å². The molecule has 0 saturated heterocycles. The first-order valence-corrected chi connectivity index (χ1v) is 4.56. The summed E-state index contributed by atoms with van der Waals surface area (Å²) in [5.74, 6) is -0.0255. The Bertz CT molecular complexity index is 471. The zero-order valence-electron chi connectivity index (χ0n) is 7.95. The molecule has 0 aliphatic heterocycles. The van der Waals surface area contributed by atoms with Crippen molar-refractivity contribution >= 4 is 16.7 Å². The number of aromatic nitrogens is 1. The van der Waals surface area contributed by atoms with E-state index in [4.69, 9.17) is 5.73 Å². The van der Waals surface area contributed by atoms with Crippen molar-refractivity contribution in [1.29, 1.82) is 0 Å². The van der Waals surface area contributed by atoms with Gasteiger partial charge in [0.2, 0.25) is 0 Å². The zero-order chi connectivity index (χ0) is 10.1. The molecule has 14 heavy (non-hydrogen) atoms. The third-order valence-corrected chi connectivity index (χ3v) is 2.27. The molecule has 1 atom stereocenters. The van der Waals surface area contributed by atoms with E-state index in [2.05, 4.69) is 4.98 Å². The molecule has 3 N–H and O–H groups in total. The average molecular weight is 188 g/mol. The molecule has 0 saturated carbocycles. The molecule has 72 valence electrons. The number of carbonyl (C=O) groups is 1. The van der Waals surface area contributed by atoms with E-state index in [0.717, 1.165) is 10.9 Å². The van der Waals surface area contributed by atoms with Gasteiger partial charge >= 0.3 is 0 Å². The van der Waals surface area contributed by atoms with Gasteiger partial charge in [-0.15, -0.1) is 0 Å². The highest BCUT2D eigenvalue weighted by molar-refractivity contribution is 6.09. The van der Waals surface area contributed by atoms with E-state index >= 15 is 0 Å². The normalized spacial score (nSPS) is 13.0. The van der Waals surface area contributed by atoms with Crippen molar-refractivity contribution in [2.24, 2.45) is 5.73 Å². The Labute approximate surface area is 81.9 Å². The van der Waals surface area contributed by atoms with E-state index in [9.17, 15) is 4.79 Å². The number of H-pyrrole nitrogens is 1. The number of carbonyl (C=O) groups excluding carboxylic acids is 1. The Morgan fingerprint density at radius 1 is 1.43 bits per heavy atom. The smallest absolute Gasteiger partial charge is 0.181 e. The van der Waals surface area contributed by atoms with Crippen LogP contribution in [0.15, 0.2) is 30.5 Å². The molecule has 3 nitrogen and oxygen atoms in total. The largest absolute Gasteiger partial charge is 0.360 e. The summed E-state index contributed by atoms with van der Waals surface area (Å²) >= 11 is 0. The molecule has 0 fully saturated rings. The Balaban J connectivity index is 2.58. The molecule has 0 unspecified atom stereocenters. The van der Waals surface area contributed by atoms with Crippen LogP contribution in [0.5, 0.6) is 0 Å². The fourth-order valence-electron chi connectivity index (χ4n) is 1.52. The van der Waals surface area contributed by atoms with Crippen molar-refractivity contribution in [2.45, 2.75) is 13.0 Å². The van der Waals surface area contributed by atoms with Gasteiger partial charge in [-0.05, 0) is 13.0 Å². The maximum absolute atomic E-state index is 11.7. The monoisotopic (exact) mass is 188 g/mol. The number of nitrogens with one attached hydrogen (secondary N) is 1. The number of benzene rings is 1. The Kier molecular flexibility index (Phi) is 2.09. The summed E-state index contributed by atoms with van der Waals surface area (Å²) in [6, 6.07) is 7.25. The number of ketones is 1. The predicted octanol–water partition coefficient (Wildman–Crippen LogP) is 1.70. The maximum atomic E-state index is 11.7. The lowest BCUT2D eigenvalue weighted by molar-refractivity contribution is 0.0969. The SMILES string of the molecule is C[C@H](N)C(=O)c1c[nH]c2ccccc12. The van der Waals surface area contributed by atoms with Crippen LogP contribution in [0.4, 0.5) is 0 Å². The lowest BCUT2D eigenvalue weighted by Gasteiger charge is -2.01. The highest BCUT2D eigenvalue weighted by Crippen LogP contribution is 2.18. The van der Waals surface area contributed by atoms with Gasteiger partial charge < -0.3 is 10.7 Å². The van der Waals surface area contributed by atoms with Gasteiger partial charge in [0.15, 0.2) is 5.78 Å². The van der Waals surface area contributed by atoms with Crippen molar-refractivity contribution in [3.63, 3.8) is 0 Å². The van der Waals surface area contributed by atoms with Crippen LogP contribution in [-0.2, 0) is 0 Å². The van der Waals surface area contributed by atoms with Gasteiger partial charge in [0, 0.05) is 22.7 Å². The number of nitrogens with two attached hydrogens (primary N) is 1. The van der Waals surface area contributed by atoms with Gasteiger partial charge in [0.25, 0.3) is 0 Å². The summed E-state index contributed by atoms with van der Waals surface area (Å²) in [5, 5.41) is 0.940. The van der Waals surface area contributed by atoms with Crippen LogP contribution in [0.25, 0.3) is 10.9 Å². The summed E-state index contributed by atoms with van der Waals surface area (Å²) in [6.07, 6.45) is 1.72. The van der Waals surface area contributed by atoms with E-state index in [0.29, 0.717) is 5.56 Å². The van der Waals surface area contributed by atoms with Gasteiger partial charge in [-0.1, -0.05) is 18.2 Å². The van der Waals surface area contributed by atoms with Gasteiger partial charge in [0.05, 0.1) is 6.04 Å². The lowest BCUT2D eigenvalue weighted by atomic mass is 10.1. The molecule has 1 heterocycles. The fourth-order valence-corrected chi connectivity index (χ4v) is 1.52. The average Bonchev–Trinajstić information content (AvgIpc) is 2.60. The number of aromatic amines is 1. The number of rotatable bonds is 2. The molecule has 0 aliphatic carbocycles. The molecule has 1 aromatic carbocycles. The highest BCUT2D eigenvalue weighted by Gasteiger charge is 2.14. The quantitative estimate of drug-likeness (QED) is 0.705. The number of para-hydroxylation sites is 1. The molecule has 0 spiro atoms. The van der Waals surface area contributed by atoms with E-state index < -0.39 is 6.04 Å². The summed E-state index contributed by atoms with van der Waals surface area (Å²) in [5.41, 5.74) is 7.20. The van der Waals surface area contributed by atoms with E-state index in [1.54, 1.807) is 13.1 Å². The number of fused-ring (bicyclic) bond motifs is 1. The van der Waals surface area contributed by atoms with Gasteiger partial charge in [-0.25, -0.2) is 0 Å². The van der Waals surface area contributed by atoms with Gasteiger partial charge in [-0.2, -0.15) is 0 Å². The van der Waals surface area contributed by atoms with Crippen LogP contribution < -0.4 is 5.73 Å². The standard InChI is InChI=1S/C11H12N2O/c1-7(12)11(14)9-6-13-10-5-3-2-4-8(9)10/h2-7,13H,12H2,1H3/t7-/m0/s1. The Hall–Kier alpha value is -1.61. The van der Waals surface area contributed by atoms with E-state index in [1.165, 1.54) is 0 Å². The van der Waals surface area contributed by atoms with Gasteiger partial charge in [-0.3, -0.25) is 4.79 Å². The van der Waals surface area contributed by atoms with Crippen LogP contribution >= 0.6 is 0 Å². The van der Waals surface area contributed by atoms with E-state index in [-0.39, 0.29) is 5.78 Å². The molecule has 2 aromatic rings. The molecule has 0 bridgehead atoms. The first kappa shape index (κ1) is 8.97. The van der Waals surface area contributed by atoms with Crippen LogP contribution in [0.2, 0.25) is 0 Å². The Morgan fingerprint density at radius 2 is 2.14 bits per heavy atom. The minimum Gasteiger partial charge on any atom is -0.360 e. The van der Waals surface area contributed by atoms with Crippen LogP contribution in [0.3, 0.4) is 0 Å². The van der Waals surface area contributed by atoms with Crippen molar-refractivity contribution in [2.75, 3.05) is 0 Å². The second kappa shape index (κ2) is 3.27. The summed E-state index contributed by atoms with van der Waals surface area (Å²) < 4.78 is 0. The molecule has 1 aromatic heterocycles. The molecule has 2 rings (SSSR count). The van der Waals surface area contributed by atoms with Crippen molar-refractivity contribution in [3.8, 4) is 0 Å². The second-order valence-corrected chi connectivity index (χ2v) is 3.40. The zero-order valence-corrected chi connectivity index (χ0v) is 7.95. The minimum absolute atomic E-state index is 0.0255. The van der Waals surface area contributed by atoms with Crippen LogP contribution in [0.1, 0.15) is 17.3 Å². The number of hydrogen-bond acceptors (Lipinski definition) is 2. The number of hydrogen-bond donors (Lipinski definition) is 2. The second-order valence-electron chi connectivity index (χ2n) is 3.40. The molecule has 0 amide bonds. The fraction of sp³-hybridized carbons (Fsp3) is 0.182. The summed E-state index contributed by atoms with van der Waals surface area (Å²) in [4.78, 5) is 14.7. The van der Waals surface area contributed by atoms with Crippen molar-refractivity contribution in [1.82, 2.24) is 4.98 Å². The molecular formula is C11H12N2O. The lowest BCUT2D eigenvalue weighted by Crippen LogP contribution is -2.26. The summed E-state index contributed by atoms with van der Waals surface area (Å²) in [6.45, 7) is 1.70. The molecule has 0 radical (unpaired) electrons. The third-order valence-electron chi connectivity index (χ3n) is 2.27. The van der Waals surface area contributed by atoms with E-state index in [1.807, 2.05) is 24.3 Å².